The van der Waals surface area contributed by atoms with Gasteiger partial charge in [0.2, 0.25) is 0 Å². The molecule has 0 aliphatic carbocycles. The van der Waals surface area contributed by atoms with E-state index in [0.29, 0.717) is 0 Å². The lowest BCUT2D eigenvalue weighted by Gasteiger charge is -2.35. The van der Waals surface area contributed by atoms with Gasteiger partial charge in [-0.2, -0.15) is 0 Å². The Hall–Kier alpha value is -0.580. The van der Waals surface area contributed by atoms with Gasteiger partial charge >= 0.3 is 0 Å². The van der Waals surface area contributed by atoms with E-state index >= 15 is 0 Å². The Balaban J connectivity index is 1.53. The predicted octanol–water partition coefficient (Wildman–Crippen LogP) is 5.07. The standard InChI is InChI=1S/C18H19BrCl2N2/c19-15-6-4-14(5-7-15)12-22-8-10-23(11-9-22)13-16-17(20)2-1-3-18(16)21/h1-7H,8-13H2. The predicted molar refractivity (Wildman–Crippen MR) is 101 cm³/mol. The van der Waals surface area contributed by atoms with Crippen LogP contribution in [0, 0.1) is 0 Å². The average Bonchev–Trinajstić information content (AvgIpc) is 2.55. The molecule has 0 atom stereocenters. The summed E-state index contributed by atoms with van der Waals surface area (Å²) in [5.74, 6) is 0. The highest BCUT2D eigenvalue weighted by Gasteiger charge is 2.18. The smallest absolute Gasteiger partial charge is 0.0465 e. The minimum atomic E-state index is 0.759. The van der Waals surface area contributed by atoms with Crippen molar-refractivity contribution in [2.24, 2.45) is 0 Å². The second-order valence-electron chi connectivity index (χ2n) is 5.88. The molecule has 1 fully saturated rings. The molecule has 2 aromatic rings. The van der Waals surface area contributed by atoms with Crippen LogP contribution in [0.25, 0.3) is 0 Å². The van der Waals surface area contributed by atoms with E-state index in [1.165, 1.54) is 5.56 Å². The zero-order chi connectivity index (χ0) is 16.2. The number of rotatable bonds is 4. The number of halogens is 3. The van der Waals surface area contributed by atoms with Crippen LogP contribution in [-0.4, -0.2) is 36.0 Å². The lowest BCUT2D eigenvalue weighted by Crippen LogP contribution is -2.45. The second kappa shape index (κ2) is 8.00. The first-order valence-electron chi connectivity index (χ1n) is 7.74. The fraction of sp³-hybridized carbons (Fsp3) is 0.333. The number of benzene rings is 2. The van der Waals surface area contributed by atoms with Crippen molar-refractivity contribution in [2.75, 3.05) is 26.2 Å². The van der Waals surface area contributed by atoms with Crippen molar-refractivity contribution in [1.82, 2.24) is 9.80 Å². The van der Waals surface area contributed by atoms with E-state index in [1.807, 2.05) is 18.2 Å². The molecule has 0 spiro atoms. The van der Waals surface area contributed by atoms with Crippen molar-refractivity contribution in [2.45, 2.75) is 13.1 Å². The van der Waals surface area contributed by atoms with Gasteiger partial charge in [-0.3, -0.25) is 9.80 Å². The maximum absolute atomic E-state index is 6.27. The Morgan fingerprint density at radius 3 is 1.87 bits per heavy atom. The summed E-state index contributed by atoms with van der Waals surface area (Å²) >= 11 is 16.0. The first-order chi connectivity index (χ1) is 11.1. The lowest BCUT2D eigenvalue weighted by atomic mass is 10.1. The zero-order valence-corrected chi connectivity index (χ0v) is 15.9. The maximum atomic E-state index is 6.27. The molecule has 0 bridgehead atoms. The van der Waals surface area contributed by atoms with Gasteiger partial charge in [0.05, 0.1) is 0 Å². The van der Waals surface area contributed by atoms with Crippen molar-refractivity contribution in [1.29, 1.82) is 0 Å². The van der Waals surface area contributed by atoms with Crippen LogP contribution < -0.4 is 0 Å². The molecule has 0 aromatic heterocycles. The molecule has 5 heteroatoms. The van der Waals surface area contributed by atoms with Crippen molar-refractivity contribution >= 4 is 39.1 Å². The highest BCUT2D eigenvalue weighted by Crippen LogP contribution is 2.26. The van der Waals surface area contributed by atoms with Crippen molar-refractivity contribution < 1.29 is 0 Å². The maximum Gasteiger partial charge on any atom is 0.0465 e. The van der Waals surface area contributed by atoms with Crippen molar-refractivity contribution in [3.8, 4) is 0 Å². The third-order valence-corrected chi connectivity index (χ3v) is 5.46. The van der Waals surface area contributed by atoms with Crippen LogP contribution in [-0.2, 0) is 13.1 Å². The van der Waals surface area contributed by atoms with Crippen LogP contribution in [0.2, 0.25) is 10.0 Å². The minimum absolute atomic E-state index is 0.759. The van der Waals surface area contributed by atoms with Gasteiger partial charge in [0.1, 0.15) is 0 Å². The highest BCUT2D eigenvalue weighted by atomic mass is 79.9. The third-order valence-electron chi connectivity index (χ3n) is 4.23. The highest BCUT2D eigenvalue weighted by molar-refractivity contribution is 9.10. The fourth-order valence-corrected chi connectivity index (χ4v) is 3.64. The Kier molecular flexibility index (Phi) is 6.00. The van der Waals surface area contributed by atoms with Gasteiger partial charge in [0, 0.05) is 59.3 Å². The summed E-state index contributed by atoms with van der Waals surface area (Å²) in [4.78, 5) is 4.92. The van der Waals surface area contributed by atoms with E-state index in [2.05, 4.69) is 50.0 Å². The summed E-state index contributed by atoms with van der Waals surface area (Å²) in [7, 11) is 0. The van der Waals surface area contributed by atoms with Crippen LogP contribution in [0.5, 0.6) is 0 Å². The molecule has 0 unspecified atom stereocenters. The number of nitrogens with zero attached hydrogens (tertiary/aromatic N) is 2. The fourth-order valence-electron chi connectivity index (χ4n) is 2.86. The number of hydrogen-bond donors (Lipinski definition) is 0. The normalized spacial score (nSPS) is 16.7. The molecule has 23 heavy (non-hydrogen) atoms. The van der Waals surface area contributed by atoms with Crippen LogP contribution in [0.3, 0.4) is 0 Å². The molecule has 0 N–H and O–H groups in total. The third kappa shape index (κ3) is 4.71. The molecule has 0 amide bonds. The van der Waals surface area contributed by atoms with Gasteiger partial charge in [-0.1, -0.05) is 57.3 Å². The monoisotopic (exact) mass is 412 g/mol. The molecule has 1 aliphatic heterocycles. The van der Waals surface area contributed by atoms with Gasteiger partial charge in [-0.05, 0) is 29.8 Å². The van der Waals surface area contributed by atoms with Crippen LogP contribution >= 0.6 is 39.1 Å². The minimum Gasteiger partial charge on any atom is -0.297 e. The molecule has 1 aliphatic rings. The van der Waals surface area contributed by atoms with Gasteiger partial charge in [-0.25, -0.2) is 0 Å². The molecular weight excluding hydrogens is 395 g/mol. The van der Waals surface area contributed by atoms with Crippen LogP contribution in [0.4, 0.5) is 0 Å². The first-order valence-corrected chi connectivity index (χ1v) is 9.29. The van der Waals surface area contributed by atoms with Crippen molar-refractivity contribution in [3.05, 3.63) is 68.1 Å². The van der Waals surface area contributed by atoms with E-state index < -0.39 is 0 Å². The quantitative estimate of drug-likeness (QED) is 0.689. The van der Waals surface area contributed by atoms with Gasteiger partial charge in [0.25, 0.3) is 0 Å². The summed E-state index contributed by atoms with van der Waals surface area (Å²) < 4.78 is 1.13. The first kappa shape index (κ1) is 17.2. The topological polar surface area (TPSA) is 6.48 Å². The van der Waals surface area contributed by atoms with Crippen LogP contribution in [0.1, 0.15) is 11.1 Å². The molecule has 2 nitrogen and oxygen atoms in total. The second-order valence-corrected chi connectivity index (χ2v) is 7.61. The van der Waals surface area contributed by atoms with Gasteiger partial charge in [-0.15, -0.1) is 0 Å². The summed E-state index contributed by atoms with van der Waals surface area (Å²) in [6, 6.07) is 14.3. The summed E-state index contributed by atoms with van der Waals surface area (Å²) in [5, 5.41) is 1.52. The lowest BCUT2D eigenvalue weighted by molar-refractivity contribution is 0.122. The van der Waals surface area contributed by atoms with E-state index in [4.69, 9.17) is 23.2 Å². The average molecular weight is 414 g/mol. The Morgan fingerprint density at radius 1 is 0.783 bits per heavy atom. The molecule has 2 aromatic carbocycles. The van der Waals surface area contributed by atoms with Crippen LogP contribution in [0.15, 0.2) is 46.9 Å². The van der Waals surface area contributed by atoms with Gasteiger partial charge in [0.15, 0.2) is 0 Å². The number of hydrogen-bond acceptors (Lipinski definition) is 2. The molecule has 0 saturated carbocycles. The Bertz CT molecular complexity index is 632. The van der Waals surface area contributed by atoms with E-state index in [0.717, 1.165) is 59.3 Å². The summed E-state index contributed by atoms with van der Waals surface area (Å²) in [6.07, 6.45) is 0. The molecule has 122 valence electrons. The number of piperazine rings is 1. The van der Waals surface area contributed by atoms with Crippen molar-refractivity contribution in [3.63, 3.8) is 0 Å². The van der Waals surface area contributed by atoms with E-state index in [9.17, 15) is 0 Å². The summed E-state index contributed by atoms with van der Waals surface area (Å²) in [6.45, 7) is 6.05. The molecule has 3 rings (SSSR count). The van der Waals surface area contributed by atoms with E-state index in [1.54, 1.807) is 0 Å². The molecule has 1 saturated heterocycles. The Labute approximate surface area is 156 Å². The van der Waals surface area contributed by atoms with E-state index in [-0.39, 0.29) is 0 Å². The SMILES string of the molecule is Clc1cccc(Cl)c1CN1CCN(Cc2ccc(Br)cc2)CC1. The molecule has 0 radical (unpaired) electrons. The largest absolute Gasteiger partial charge is 0.297 e. The molecular formula is C18H19BrCl2N2. The van der Waals surface area contributed by atoms with Gasteiger partial charge < -0.3 is 0 Å². The zero-order valence-electron chi connectivity index (χ0n) is 12.8. The Morgan fingerprint density at radius 2 is 1.30 bits per heavy atom. The molecule has 1 heterocycles. The summed E-state index contributed by atoms with van der Waals surface area (Å²) in [5.41, 5.74) is 2.40.